The van der Waals surface area contributed by atoms with E-state index in [1.807, 2.05) is 0 Å². The minimum atomic E-state index is 0.245. The molecule has 0 aliphatic heterocycles. The van der Waals surface area contributed by atoms with Crippen LogP contribution in [0.4, 0.5) is 5.95 Å². The number of hydrogen-bond acceptors (Lipinski definition) is 6. The molecular formula is C12H14N6. The van der Waals surface area contributed by atoms with Crippen molar-refractivity contribution in [1.82, 2.24) is 24.9 Å². The van der Waals surface area contributed by atoms with Gasteiger partial charge in [0, 0.05) is 18.3 Å². The highest BCUT2D eigenvalue weighted by Crippen LogP contribution is 2.32. The second-order valence-corrected chi connectivity index (χ2v) is 4.43. The van der Waals surface area contributed by atoms with Gasteiger partial charge >= 0.3 is 0 Å². The second-order valence-electron chi connectivity index (χ2n) is 4.43. The summed E-state index contributed by atoms with van der Waals surface area (Å²) in [5.41, 5.74) is 5.75. The lowest BCUT2D eigenvalue weighted by Gasteiger charge is -2.08. The Hall–Kier alpha value is -2.11. The number of nitrogens with two attached hydrogens (primary N) is 1. The third-order valence-corrected chi connectivity index (χ3v) is 3.16. The molecule has 2 heterocycles. The highest BCUT2D eigenvalue weighted by atomic mass is 15.1. The third kappa shape index (κ3) is 2.13. The number of anilines is 1. The van der Waals surface area contributed by atoms with E-state index in [2.05, 4.69) is 24.9 Å². The van der Waals surface area contributed by atoms with Crippen LogP contribution in [0.5, 0.6) is 0 Å². The number of nitrogens with zero attached hydrogens (tertiary/aromatic N) is 5. The Balaban J connectivity index is 2.00. The fraction of sp³-hybridized carbons (Fsp3) is 0.417. The van der Waals surface area contributed by atoms with Gasteiger partial charge in [0.05, 0.1) is 0 Å². The van der Waals surface area contributed by atoms with Crippen LogP contribution in [0.1, 0.15) is 37.4 Å². The molecule has 0 aromatic carbocycles. The predicted octanol–water partition coefficient (Wildman–Crippen LogP) is 1.57. The normalized spacial score (nSPS) is 16.0. The zero-order valence-electron chi connectivity index (χ0n) is 9.95. The summed E-state index contributed by atoms with van der Waals surface area (Å²) in [6, 6.07) is 1.76. The van der Waals surface area contributed by atoms with Crippen molar-refractivity contribution in [2.75, 3.05) is 5.73 Å². The molecule has 6 nitrogen and oxygen atoms in total. The molecule has 0 unspecified atom stereocenters. The van der Waals surface area contributed by atoms with Gasteiger partial charge in [-0.05, 0) is 18.9 Å². The van der Waals surface area contributed by atoms with E-state index in [1.165, 1.54) is 12.8 Å². The number of nitrogen functional groups attached to an aromatic ring is 1. The molecule has 0 spiro atoms. The van der Waals surface area contributed by atoms with Crippen LogP contribution in [0.25, 0.3) is 11.6 Å². The van der Waals surface area contributed by atoms with Gasteiger partial charge in [-0.3, -0.25) is 0 Å². The minimum Gasteiger partial charge on any atom is -0.368 e. The van der Waals surface area contributed by atoms with E-state index in [9.17, 15) is 0 Å². The minimum absolute atomic E-state index is 0.245. The fourth-order valence-electron chi connectivity index (χ4n) is 2.29. The van der Waals surface area contributed by atoms with Crippen LogP contribution in [0, 0.1) is 0 Å². The van der Waals surface area contributed by atoms with E-state index in [-0.39, 0.29) is 5.95 Å². The van der Waals surface area contributed by atoms with Crippen LogP contribution in [0.2, 0.25) is 0 Å². The van der Waals surface area contributed by atoms with Gasteiger partial charge in [0.15, 0.2) is 5.82 Å². The summed E-state index contributed by atoms with van der Waals surface area (Å²) in [5.74, 6) is 2.38. The molecule has 2 N–H and O–H groups in total. The molecule has 2 aromatic rings. The van der Waals surface area contributed by atoms with Crippen molar-refractivity contribution in [3.05, 3.63) is 24.3 Å². The lowest BCUT2D eigenvalue weighted by Crippen LogP contribution is -2.08. The van der Waals surface area contributed by atoms with Gasteiger partial charge in [-0.25, -0.2) is 15.0 Å². The fourth-order valence-corrected chi connectivity index (χ4v) is 2.29. The standard InChI is InChI=1S/C12H14N6/c13-12-17-9(8-4-1-2-5-8)16-11(18-12)10-14-6-3-7-15-10/h3,6-8H,1-2,4-5H2,(H2,13,16,17,18). The van der Waals surface area contributed by atoms with Gasteiger partial charge in [-0.15, -0.1) is 0 Å². The van der Waals surface area contributed by atoms with E-state index >= 15 is 0 Å². The van der Waals surface area contributed by atoms with Crippen LogP contribution >= 0.6 is 0 Å². The second kappa shape index (κ2) is 4.64. The first-order valence-corrected chi connectivity index (χ1v) is 6.12. The van der Waals surface area contributed by atoms with Gasteiger partial charge in [0.1, 0.15) is 5.82 Å². The van der Waals surface area contributed by atoms with Crippen molar-refractivity contribution in [3.8, 4) is 11.6 Å². The molecule has 0 radical (unpaired) electrons. The van der Waals surface area contributed by atoms with Crippen molar-refractivity contribution < 1.29 is 0 Å². The Bertz CT molecular complexity index is 536. The highest BCUT2D eigenvalue weighted by molar-refractivity contribution is 5.44. The van der Waals surface area contributed by atoms with Crippen LogP contribution in [0.3, 0.4) is 0 Å². The van der Waals surface area contributed by atoms with Crippen molar-refractivity contribution in [3.63, 3.8) is 0 Å². The van der Waals surface area contributed by atoms with E-state index < -0.39 is 0 Å². The number of aromatic nitrogens is 5. The first-order valence-electron chi connectivity index (χ1n) is 6.12. The first kappa shape index (κ1) is 11.0. The Morgan fingerprint density at radius 2 is 1.67 bits per heavy atom. The molecule has 1 fully saturated rings. The van der Waals surface area contributed by atoms with Gasteiger partial charge < -0.3 is 5.73 Å². The van der Waals surface area contributed by atoms with Crippen LogP contribution in [-0.2, 0) is 0 Å². The molecule has 1 aliphatic rings. The van der Waals surface area contributed by atoms with Gasteiger partial charge in [0.25, 0.3) is 0 Å². The summed E-state index contributed by atoms with van der Waals surface area (Å²) >= 11 is 0. The Labute approximate surface area is 105 Å². The maximum absolute atomic E-state index is 5.75. The topological polar surface area (TPSA) is 90.5 Å². The molecule has 0 saturated heterocycles. The van der Waals surface area contributed by atoms with E-state index in [0.29, 0.717) is 17.6 Å². The Morgan fingerprint density at radius 3 is 2.39 bits per heavy atom. The van der Waals surface area contributed by atoms with Crippen LogP contribution in [-0.4, -0.2) is 24.9 Å². The molecule has 6 heteroatoms. The van der Waals surface area contributed by atoms with Crippen molar-refractivity contribution >= 4 is 5.95 Å². The molecule has 92 valence electrons. The molecule has 1 saturated carbocycles. The summed E-state index contributed by atoms with van der Waals surface area (Å²) in [4.78, 5) is 21.1. The molecule has 1 aliphatic carbocycles. The number of hydrogen-bond donors (Lipinski definition) is 1. The lowest BCUT2D eigenvalue weighted by molar-refractivity contribution is 0.664. The Kier molecular flexibility index (Phi) is 2.84. The first-order chi connectivity index (χ1) is 8.83. The van der Waals surface area contributed by atoms with Gasteiger partial charge in [-0.2, -0.15) is 9.97 Å². The van der Waals surface area contributed by atoms with Crippen molar-refractivity contribution in [1.29, 1.82) is 0 Å². The van der Waals surface area contributed by atoms with Crippen LogP contribution < -0.4 is 5.73 Å². The van der Waals surface area contributed by atoms with Crippen molar-refractivity contribution in [2.24, 2.45) is 0 Å². The highest BCUT2D eigenvalue weighted by Gasteiger charge is 2.21. The SMILES string of the molecule is Nc1nc(-c2ncccn2)nc(C2CCCC2)n1. The average molecular weight is 242 g/mol. The maximum atomic E-state index is 5.75. The summed E-state index contributed by atoms with van der Waals surface area (Å²) in [5, 5.41) is 0. The van der Waals surface area contributed by atoms with Crippen molar-refractivity contribution in [2.45, 2.75) is 31.6 Å². The summed E-state index contributed by atoms with van der Waals surface area (Å²) in [7, 11) is 0. The number of rotatable bonds is 2. The smallest absolute Gasteiger partial charge is 0.223 e. The average Bonchev–Trinajstić information content (AvgIpc) is 2.93. The quantitative estimate of drug-likeness (QED) is 0.859. The Morgan fingerprint density at radius 1 is 0.944 bits per heavy atom. The summed E-state index contributed by atoms with van der Waals surface area (Å²) in [6.07, 6.45) is 8.03. The largest absolute Gasteiger partial charge is 0.368 e. The van der Waals surface area contributed by atoms with E-state index in [1.54, 1.807) is 18.5 Å². The zero-order chi connectivity index (χ0) is 12.4. The molecule has 0 atom stereocenters. The van der Waals surface area contributed by atoms with E-state index in [0.717, 1.165) is 18.7 Å². The lowest BCUT2D eigenvalue weighted by atomic mass is 10.1. The molecule has 2 aromatic heterocycles. The molecule has 0 bridgehead atoms. The molecule has 18 heavy (non-hydrogen) atoms. The monoisotopic (exact) mass is 242 g/mol. The maximum Gasteiger partial charge on any atom is 0.223 e. The van der Waals surface area contributed by atoms with Gasteiger partial charge in [0.2, 0.25) is 11.8 Å². The molecule has 3 rings (SSSR count). The summed E-state index contributed by atoms with van der Waals surface area (Å²) in [6.45, 7) is 0. The molecule has 0 amide bonds. The van der Waals surface area contributed by atoms with Crippen LogP contribution in [0.15, 0.2) is 18.5 Å². The van der Waals surface area contributed by atoms with E-state index in [4.69, 9.17) is 5.73 Å². The third-order valence-electron chi connectivity index (χ3n) is 3.16. The zero-order valence-corrected chi connectivity index (χ0v) is 9.95. The predicted molar refractivity (Wildman–Crippen MR) is 66.5 cm³/mol. The van der Waals surface area contributed by atoms with Gasteiger partial charge in [-0.1, -0.05) is 12.8 Å². The molecular weight excluding hydrogens is 228 g/mol. The summed E-state index contributed by atoms with van der Waals surface area (Å²) < 4.78 is 0.